The lowest BCUT2D eigenvalue weighted by atomic mass is 10.2. The van der Waals surface area contributed by atoms with Gasteiger partial charge in [0.25, 0.3) is 0 Å². The van der Waals surface area contributed by atoms with Crippen molar-refractivity contribution in [3.8, 4) is 5.75 Å². The standard InChI is InChI=1S/C13H11BrFNO/c14-10-5-11(15)7-13(6-10)17-8-9-1-3-12(16)4-2-9/h1-7H,8,16H2. The van der Waals surface area contributed by atoms with Crippen molar-refractivity contribution < 1.29 is 9.13 Å². The third-order valence-corrected chi connectivity index (χ3v) is 2.68. The Morgan fingerprint density at radius 1 is 1.12 bits per heavy atom. The molecule has 0 heterocycles. The summed E-state index contributed by atoms with van der Waals surface area (Å²) in [6.45, 7) is 0.385. The number of hydrogen-bond donors (Lipinski definition) is 1. The van der Waals surface area contributed by atoms with Gasteiger partial charge in [0, 0.05) is 16.2 Å². The summed E-state index contributed by atoms with van der Waals surface area (Å²) in [6.07, 6.45) is 0. The minimum Gasteiger partial charge on any atom is -0.489 e. The van der Waals surface area contributed by atoms with Crippen LogP contribution in [0, 0.1) is 5.82 Å². The summed E-state index contributed by atoms with van der Waals surface area (Å²) in [5, 5.41) is 0. The van der Waals surface area contributed by atoms with Crippen molar-refractivity contribution in [2.45, 2.75) is 6.61 Å². The van der Waals surface area contributed by atoms with E-state index in [1.165, 1.54) is 12.1 Å². The number of nitrogens with two attached hydrogens (primary N) is 1. The van der Waals surface area contributed by atoms with Gasteiger partial charge in [-0.05, 0) is 29.8 Å². The zero-order valence-corrected chi connectivity index (χ0v) is 10.6. The Labute approximate surface area is 107 Å². The van der Waals surface area contributed by atoms with Gasteiger partial charge >= 0.3 is 0 Å². The Bertz CT molecular complexity index is 493. The van der Waals surface area contributed by atoms with Gasteiger partial charge in [0.1, 0.15) is 18.2 Å². The van der Waals surface area contributed by atoms with Crippen molar-refractivity contribution in [2.24, 2.45) is 0 Å². The third kappa shape index (κ3) is 3.46. The second-order valence-electron chi connectivity index (χ2n) is 3.64. The second-order valence-corrected chi connectivity index (χ2v) is 4.55. The molecule has 0 saturated carbocycles. The van der Waals surface area contributed by atoms with Crippen LogP contribution in [0.1, 0.15) is 5.56 Å². The van der Waals surface area contributed by atoms with Gasteiger partial charge in [-0.1, -0.05) is 28.1 Å². The zero-order valence-electron chi connectivity index (χ0n) is 8.99. The molecule has 0 atom stereocenters. The minimum atomic E-state index is -0.327. The molecule has 0 unspecified atom stereocenters. The first-order valence-corrected chi connectivity index (χ1v) is 5.86. The van der Waals surface area contributed by atoms with Crippen LogP contribution in [0.3, 0.4) is 0 Å². The van der Waals surface area contributed by atoms with E-state index in [0.717, 1.165) is 5.56 Å². The fourth-order valence-corrected chi connectivity index (χ4v) is 1.84. The SMILES string of the molecule is Nc1ccc(COc2cc(F)cc(Br)c2)cc1. The average molecular weight is 296 g/mol. The van der Waals surface area contributed by atoms with Crippen LogP contribution >= 0.6 is 15.9 Å². The van der Waals surface area contributed by atoms with Crippen LogP contribution in [0.15, 0.2) is 46.9 Å². The van der Waals surface area contributed by atoms with E-state index < -0.39 is 0 Å². The first kappa shape index (κ1) is 11.9. The molecule has 0 fully saturated rings. The van der Waals surface area contributed by atoms with E-state index in [2.05, 4.69) is 15.9 Å². The molecular formula is C13H11BrFNO. The first-order valence-electron chi connectivity index (χ1n) is 5.07. The molecule has 0 amide bonds. The summed E-state index contributed by atoms with van der Waals surface area (Å²) in [6, 6.07) is 11.8. The van der Waals surface area contributed by atoms with Crippen molar-refractivity contribution in [1.82, 2.24) is 0 Å². The highest BCUT2D eigenvalue weighted by Crippen LogP contribution is 2.21. The predicted octanol–water partition coefficient (Wildman–Crippen LogP) is 3.75. The topological polar surface area (TPSA) is 35.2 Å². The van der Waals surface area contributed by atoms with Crippen LogP contribution in [0.5, 0.6) is 5.75 Å². The first-order chi connectivity index (χ1) is 8.13. The van der Waals surface area contributed by atoms with E-state index in [0.29, 0.717) is 22.5 Å². The van der Waals surface area contributed by atoms with E-state index >= 15 is 0 Å². The number of benzene rings is 2. The molecule has 0 saturated heterocycles. The summed E-state index contributed by atoms with van der Waals surface area (Å²) in [5.74, 6) is 0.167. The Morgan fingerprint density at radius 2 is 1.82 bits per heavy atom. The van der Waals surface area contributed by atoms with E-state index in [-0.39, 0.29) is 5.82 Å². The van der Waals surface area contributed by atoms with Crippen LogP contribution in [0.4, 0.5) is 10.1 Å². The lowest BCUT2D eigenvalue weighted by Gasteiger charge is -2.07. The fraction of sp³-hybridized carbons (Fsp3) is 0.0769. The summed E-state index contributed by atoms with van der Waals surface area (Å²) in [4.78, 5) is 0. The smallest absolute Gasteiger partial charge is 0.128 e. The molecule has 0 bridgehead atoms. The van der Waals surface area contributed by atoms with Gasteiger partial charge in [0.2, 0.25) is 0 Å². The van der Waals surface area contributed by atoms with Gasteiger partial charge in [-0.15, -0.1) is 0 Å². The molecule has 0 aliphatic carbocycles. The number of anilines is 1. The van der Waals surface area contributed by atoms with Crippen LogP contribution in [-0.2, 0) is 6.61 Å². The number of halogens is 2. The highest BCUT2D eigenvalue weighted by Gasteiger charge is 2.00. The Morgan fingerprint density at radius 3 is 2.47 bits per heavy atom. The van der Waals surface area contributed by atoms with Crippen molar-refractivity contribution in [3.63, 3.8) is 0 Å². The van der Waals surface area contributed by atoms with E-state index in [1.807, 2.05) is 12.1 Å². The normalized spacial score (nSPS) is 10.2. The van der Waals surface area contributed by atoms with E-state index in [9.17, 15) is 4.39 Å². The van der Waals surface area contributed by atoms with Gasteiger partial charge in [0.15, 0.2) is 0 Å². The monoisotopic (exact) mass is 295 g/mol. The van der Waals surface area contributed by atoms with Gasteiger partial charge < -0.3 is 10.5 Å². The molecule has 0 aliphatic rings. The van der Waals surface area contributed by atoms with Gasteiger partial charge in [-0.2, -0.15) is 0 Å². The highest BCUT2D eigenvalue weighted by molar-refractivity contribution is 9.10. The van der Waals surface area contributed by atoms with Crippen LogP contribution in [0.25, 0.3) is 0 Å². The van der Waals surface area contributed by atoms with Crippen molar-refractivity contribution >= 4 is 21.6 Å². The second kappa shape index (κ2) is 5.19. The zero-order chi connectivity index (χ0) is 12.3. The molecule has 0 aliphatic heterocycles. The molecule has 0 radical (unpaired) electrons. The maximum atomic E-state index is 13.1. The predicted molar refractivity (Wildman–Crippen MR) is 69.3 cm³/mol. The van der Waals surface area contributed by atoms with Crippen molar-refractivity contribution in [2.75, 3.05) is 5.73 Å². The van der Waals surface area contributed by atoms with Gasteiger partial charge in [0.05, 0.1) is 0 Å². The Kier molecular flexibility index (Phi) is 3.64. The molecule has 2 rings (SSSR count). The van der Waals surface area contributed by atoms with Crippen LogP contribution in [-0.4, -0.2) is 0 Å². The molecular weight excluding hydrogens is 285 g/mol. The number of hydrogen-bond acceptors (Lipinski definition) is 2. The fourth-order valence-electron chi connectivity index (χ4n) is 1.39. The molecule has 17 heavy (non-hydrogen) atoms. The molecule has 2 aromatic rings. The number of rotatable bonds is 3. The third-order valence-electron chi connectivity index (χ3n) is 2.22. The summed E-state index contributed by atoms with van der Waals surface area (Å²) in [7, 11) is 0. The Hall–Kier alpha value is -1.55. The lowest BCUT2D eigenvalue weighted by Crippen LogP contribution is -1.96. The quantitative estimate of drug-likeness (QED) is 0.875. The van der Waals surface area contributed by atoms with Crippen molar-refractivity contribution in [3.05, 3.63) is 58.3 Å². The average Bonchev–Trinajstić information content (AvgIpc) is 2.27. The maximum absolute atomic E-state index is 13.1. The summed E-state index contributed by atoms with van der Waals surface area (Å²) < 4.78 is 19.2. The number of nitrogen functional groups attached to an aromatic ring is 1. The largest absolute Gasteiger partial charge is 0.489 e. The maximum Gasteiger partial charge on any atom is 0.128 e. The van der Waals surface area contributed by atoms with Gasteiger partial charge in [-0.3, -0.25) is 0 Å². The summed E-state index contributed by atoms with van der Waals surface area (Å²) in [5.41, 5.74) is 7.27. The molecule has 2 aromatic carbocycles. The summed E-state index contributed by atoms with van der Waals surface area (Å²) >= 11 is 3.21. The lowest BCUT2D eigenvalue weighted by molar-refractivity contribution is 0.304. The van der Waals surface area contributed by atoms with E-state index in [1.54, 1.807) is 18.2 Å². The van der Waals surface area contributed by atoms with Gasteiger partial charge in [-0.25, -0.2) is 4.39 Å². The van der Waals surface area contributed by atoms with E-state index in [4.69, 9.17) is 10.5 Å². The van der Waals surface area contributed by atoms with Crippen LogP contribution < -0.4 is 10.5 Å². The number of ether oxygens (including phenoxy) is 1. The molecule has 2 nitrogen and oxygen atoms in total. The minimum absolute atomic E-state index is 0.327. The van der Waals surface area contributed by atoms with Crippen LogP contribution in [0.2, 0.25) is 0 Å². The Balaban J connectivity index is 2.04. The highest BCUT2D eigenvalue weighted by atomic mass is 79.9. The molecule has 0 aromatic heterocycles. The molecule has 4 heteroatoms. The molecule has 2 N–H and O–H groups in total. The van der Waals surface area contributed by atoms with Crippen molar-refractivity contribution in [1.29, 1.82) is 0 Å². The molecule has 88 valence electrons. The molecule has 0 spiro atoms.